The number of rotatable bonds is 4. The van der Waals surface area contributed by atoms with Crippen LogP contribution in [0.4, 0.5) is 5.82 Å². The predicted molar refractivity (Wildman–Crippen MR) is 91.4 cm³/mol. The topological polar surface area (TPSA) is 84.4 Å². The van der Waals surface area contributed by atoms with Crippen molar-refractivity contribution in [2.24, 2.45) is 0 Å². The molecule has 3 rings (SSSR count). The third kappa shape index (κ3) is 4.21. The van der Waals surface area contributed by atoms with Crippen molar-refractivity contribution in [2.45, 2.75) is 11.3 Å². The SMILES string of the molecule is CS(=O)(=O)c1cccc(Oc2nccc(N3CCCNCC3)n2)c1. The van der Waals surface area contributed by atoms with Gasteiger partial charge in [-0.25, -0.2) is 13.4 Å². The molecule has 8 heteroatoms. The van der Waals surface area contributed by atoms with Crippen LogP contribution < -0.4 is 15.0 Å². The lowest BCUT2D eigenvalue weighted by molar-refractivity contribution is 0.440. The highest BCUT2D eigenvalue weighted by Gasteiger charge is 2.13. The van der Waals surface area contributed by atoms with Gasteiger partial charge >= 0.3 is 6.01 Å². The van der Waals surface area contributed by atoms with E-state index in [-0.39, 0.29) is 10.9 Å². The molecule has 1 aromatic heterocycles. The molecule has 0 spiro atoms. The van der Waals surface area contributed by atoms with Crippen LogP contribution in [0, 0.1) is 0 Å². The molecule has 1 aliphatic rings. The number of nitrogens with zero attached hydrogens (tertiary/aromatic N) is 3. The van der Waals surface area contributed by atoms with Crippen LogP contribution in [0.5, 0.6) is 11.8 Å². The van der Waals surface area contributed by atoms with Crippen molar-refractivity contribution in [1.29, 1.82) is 0 Å². The van der Waals surface area contributed by atoms with Crippen molar-refractivity contribution < 1.29 is 13.2 Å². The zero-order valence-electron chi connectivity index (χ0n) is 13.5. The number of hydrogen-bond donors (Lipinski definition) is 1. The second-order valence-corrected chi connectivity index (χ2v) is 7.65. The predicted octanol–water partition coefficient (Wildman–Crippen LogP) is 1.47. The van der Waals surface area contributed by atoms with Gasteiger partial charge in [-0.3, -0.25) is 0 Å². The molecule has 24 heavy (non-hydrogen) atoms. The maximum atomic E-state index is 11.6. The lowest BCUT2D eigenvalue weighted by Crippen LogP contribution is -2.28. The molecule has 1 fully saturated rings. The smallest absolute Gasteiger partial charge is 0.323 e. The van der Waals surface area contributed by atoms with Gasteiger partial charge in [0.15, 0.2) is 9.84 Å². The molecule has 0 saturated carbocycles. The highest BCUT2D eigenvalue weighted by molar-refractivity contribution is 7.90. The molecule has 1 N–H and O–H groups in total. The van der Waals surface area contributed by atoms with Gasteiger partial charge in [-0.05, 0) is 37.2 Å². The van der Waals surface area contributed by atoms with Gasteiger partial charge in [0.2, 0.25) is 0 Å². The van der Waals surface area contributed by atoms with E-state index in [9.17, 15) is 8.42 Å². The lowest BCUT2D eigenvalue weighted by atomic mass is 10.3. The highest BCUT2D eigenvalue weighted by Crippen LogP contribution is 2.23. The van der Waals surface area contributed by atoms with Crippen LogP contribution in [0.1, 0.15) is 6.42 Å². The number of nitrogens with one attached hydrogen (secondary N) is 1. The van der Waals surface area contributed by atoms with Crippen molar-refractivity contribution in [3.05, 3.63) is 36.5 Å². The summed E-state index contributed by atoms with van der Waals surface area (Å²) in [4.78, 5) is 10.9. The third-order valence-electron chi connectivity index (χ3n) is 3.73. The summed E-state index contributed by atoms with van der Waals surface area (Å²) in [6, 6.07) is 8.38. The minimum Gasteiger partial charge on any atom is -0.424 e. The van der Waals surface area contributed by atoms with Crippen molar-refractivity contribution in [3.63, 3.8) is 0 Å². The molecule has 1 aromatic carbocycles. The number of sulfone groups is 1. The van der Waals surface area contributed by atoms with Crippen molar-refractivity contribution in [2.75, 3.05) is 37.3 Å². The van der Waals surface area contributed by atoms with Gasteiger partial charge in [-0.15, -0.1) is 0 Å². The summed E-state index contributed by atoms with van der Waals surface area (Å²) in [5.74, 6) is 1.20. The van der Waals surface area contributed by atoms with Crippen LogP contribution in [0.3, 0.4) is 0 Å². The van der Waals surface area contributed by atoms with Crippen LogP contribution in [-0.4, -0.2) is 50.8 Å². The molecule has 7 nitrogen and oxygen atoms in total. The monoisotopic (exact) mass is 348 g/mol. The lowest BCUT2D eigenvalue weighted by Gasteiger charge is -2.21. The number of anilines is 1. The summed E-state index contributed by atoms with van der Waals surface area (Å²) in [6.07, 6.45) is 3.86. The van der Waals surface area contributed by atoms with E-state index in [4.69, 9.17) is 4.74 Å². The second kappa shape index (κ2) is 7.14. The largest absolute Gasteiger partial charge is 0.424 e. The van der Waals surface area contributed by atoms with Gasteiger partial charge in [0.25, 0.3) is 0 Å². The fourth-order valence-electron chi connectivity index (χ4n) is 2.51. The van der Waals surface area contributed by atoms with Crippen molar-refractivity contribution in [1.82, 2.24) is 15.3 Å². The Balaban J connectivity index is 1.79. The number of benzene rings is 1. The standard InChI is InChI=1S/C16H20N4O3S/c1-24(21,22)14-5-2-4-13(12-14)23-16-18-8-6-15(19-16)20-10-3-7-17-9-11-20/h2,4-6,8,12,17H,3,7,9-11H2,1H3. The van der Waals surface area contributed by atoms with E-state index in [2.05, 4.69) is 20.2 Å². The van der Waals surface area contributed by atoms with E-state index in [0.29, 0.717) is 5.75 Å². The van der Waals surface area contributed by atoms with E-state index in [0.717, 1.165) is 44.7 Å². The van der Waals surface area contributed by atoms with Crippen LogP contribution in [0.15, 0.2) is 41.4 Å². The maximum Gasteiger partial charge on any atom is 0.323 e. The Hall–Kier alpha value is -2.19. The van der Waals surface area contributed by atoms with Gasteiger partial charge in [0.05, 0.1) is 4.90 Å². The molecule has 0 radical (unpaired) electrons. The Morgan fingerprint density at radius 1 is 1.21 bits per heavy atom. The summed E-state index contributed by atoms with van der Waals surface area (Å²) < 4.78 is 28.9. The molecule has 0 bridgehead atoms. The van der Waals surface area contributed by atoms with Gasteiger partial charge < -0.3 is 15.0 Å². The molecule has 2 heterocycles. The number of ether oxygens (including phenoxy) is 1. The zero-order valence-corrected chi connectivity index (χ0v) is 14.3. The first-order valence-corrected chi connectivity index (χ1v) is 9.68. The fourth-order valence-corrected chi connectivity index (χ4v) is 3.16. The first-order chi connectivity index (χ1) is 11.5. The van der Waals surface area contributed by atoms with Crippen molar-refractivity contribution >= 4 is 15.7 Å². The average Bonchev–Trinajstić information content (AvgIpc) is 2.84. The Morgan fingerprint density at radius 3 is 2.92 bits per heavy atom. The van der Waals surface area contributed by atoms with Crippen LogP contribution in [-0.2, 0) is 9.84 Å². The molecule has 2 aromatic rings. The van der Waals surface area contributed by atoms with Crippen LogP contribution in [0.25, 0.3) is 0 Å². The highest BCUT2D eigenvalue weighted by atomic mass is 32.2. The number of hydrogen-bond acceptors (Lipinski definition) is 7. The van der Waals surface area contributed by atoms with E-state index < -0.39 is 9.84 Å². The summed E-state index contributed by atoms with van der Waals surface area (Å²) in [5, 5.41) is 3.35. The fraction of sp³-hybridized carbons (Fsp3) is 0.375. The molecular formula is C16H20N4O3S. The Bertz CT molecular complexity index is 802. The third-order valence-corrected chi connectivity index (χ3v) is 4.84. The normalized spacial score (nSPS) is 15.8. The molecule has 128 valence electrons. The van der Waals surface area contributed by atoms with Crippen LogP contribution >= 0.6 is 0 Å². The molecule has 1 aliphatic heterocycles. The minimum absolute atomic E-state index is 0.203. The van der Waals surface area contributed by atoms with E-state index in [1.807, 2.05) is 6.07 Å². The molecule has 0 aliphatic carbocycles. The molecular weight excluding hydrogens is 328 g/mol. The van der Waals surface area contributed by atoms with Gasteiger partial charge in [-0.1, -0.05) is 6.07 Å². The van der Waals surface area contributed by atoms with Crippen molar-refractivity contribution in [3.8, 4) is 11.8 Å². The van der Waals surface area contributed by atoms with Gasteiger partial charge in [0.1, 0.15) is 11.6 Å². The quantitative estimate of drug-likeness (QED) is 0.895. The van der Waals surface area contributed by atoms with E-state index in [1.165, 1.54) is 12.1 Å². The Labute approximate surface area is 141 Å². The summed E-state index contributed by atoms with van der Waals surface area (Å²) >= 11 is 0. The van der Waals surface area contributed by atoms with Crippen LogP contribution in [0.2, 0.25) is 0 Å². The molecule has 0 unspecified atom stereocenters. The average molecular weight is 348 g/mol. The molecule has 0 atom stereocenters. The summed E-state index contributed by atoms with van der Waals surface area (Å²) in [7, 11) is -3.28. The molecule has 0 amide bonds. The van der Waals surface area contributed by atoms with Gasteiger partial charge in [0, 0.05) is 32.1 Å². The summed E-state index contributed by atoms with van der Waals surface area (Å²) in [5.41, 5.74) is 0. The minimum atomic E-state index is -3.28. The first kappa shape index (κ1) is 16.7. The maximum absolute atomic E-state index is 11.6. The Morgan fingerprint density at radius 2 is 2.08 bits per heavy atom. The second-order valence-electron chi connectivity index (χ2n) is 5.64. The van der Waals surface area contributed by atoms with E-state index in [1.54, 1.807) is 18.3 Å². The Kier molecular flexibility index (Phi) is 4.96. The zero-order chi connectivity index (χ0) is 17.0. The molecule has 1 saturated heterocycles. The first-order valence-electron chi connectivity index (χ1n) is 7.79. The van der Waals surface area contributed by atoms with Gasteiger partial charge in [-0.2, -0.15) is 4.98 Å². The number of aromatic nitrogens is 2. The summed E-state index contributed by atoms with van der Waals surface area (Å²) in [6.45, 7) is 3.72. The van der Waals surface area contributed by atoms with E-state index >= 15 is 0 Å².